The van der Waals surface area contributed by atoms with Gasteiger partial charge >= 0.3 is 12.3 Å². The summed E-state index contributed by atoms with van der Waals surface area (Å²) in [7, 11) is 1.37. The monoisotopic (exact) mass is 639 g/mol. The molecular weight excluding hydrogens is 607 g/mol. The molecule has 3 atom stereocenters. The average molecular weight is 640 g/mol. The molecule has 0 unspecified atom stereocenters. The number of carbonyl (C=O) groups excluding carboxylic acids is 1. The number of esters is 1. The van der Waals surface area contributed by atoms with E-state index in [4.69, 9.17) is 19.0 Å². The number of fused-ring (bicyclic) bond motifs is 2. The topological polar surface area (TPSA) is 86.9 Å². The van der Waals surface area contributed by atoms with Gasteiger partial charge in [-0.3, -0.25) is 0 Å². The predicted molar refractivity (Wildman–Crippen MR) is 161 cm³/mol. The fourth-order valence-electron chi connectivity index (χ4n) is 6.69. The zero-order valence-electron chi connectivity index (χ0n) is 24.8. The van der Waals surface area contributed by atoms with Crippen LogP contribution in [-0.4, -0.2) is 47.8 Å². The van der Waals surface area contributed by atoms with Gasteiger partial charge in [0.05, 0.1) is 31.1 Å². The smallest absolute Gasteiger partial charge is 0.465 e. The Morgan fingerprint density at radius 2 is 1.82 bits per heavy atom. The Bertz CT molecular complexity index is 1700. The van der Waals surface area contributed by atoms with Crippen LogP contribution < -0.4 is 9.64 Å². The molecule has 2 bridgehead atoms. The molecule has 2 aromatic heterocycles. The number of aryl methyl sites for hydroxylation is 1. The Labute approximate surface area is 262 Å². The standard InChI is InChI=1S/C33H32F3N3O5S/c1-18-13-20(31(40)41-2)9-12-24(18)27-17-45-32(37-27)39-21-10-11-22(39)15-23(14-21)42-16-26-29(38-44-30(26)19-7-8-19)25-5-3-4-6-28(25)43-33(34,35)36/h3-6,9,12-13,17,19,21-23H,7-8,10-11,14-16H2,1-2H3/t21-,22+,23-. The third kappa shape index (κ3) is 6.05. The fourth-order valence-corrected chi connectivity index (χ4v) is 7.66. The van der Waals surface area contributed by atoms with Crippen LogP contribution in [0.2, 0.25) is 0 Å². The number of anilines is 1. The van der Waals surface area contributed by atoms with Crippen molar-refractivity contribution in [2.24, 2.45) is 0 Å². The first-order valence-electron chi connectivity index (χ1n) is 15.1. The average Bonchev–Trinajstić information content (AvgIpc) is 3.48. The highest BCUT2D eigenvalue weighted by molar-refractivity contribution is 7.14. The van der Waals surface area contributed by atoms with Gasteiger partial charge in [-0.2, -0.15) is 0 Å². The molecule has 0 radical (unpaired) electrons. The zero-order valence-corrected chi connectivity index (χ0v) is 25.6. The Hall–Kier alpha value is -3.90. The first kappa shape index (κ1) is 29.8. The van der Waals surface area contributed by atoms with E-state index in [1.807, 2.05) is 19.1 Å². The molecule has 4 heterocycles. The Balaban J connectivity index is 1.06. The van der Waals surface area contributed by atoms with Crippen molar-refractivity contribution >= 4 is 22.4 Å². The molecule has 2 saturated heterocycles. The second-order valence-electron chi connectivity index (χ2n) is 11.9. The highest BCUT2D eigenvalue weighted by atomic mass is 32.1. The second-order valence-corrected chi connectivity index (χ2v) is 12.8. The molecule has 7 rings (SSSR count). The highest BCUT2D eigenvalue weighted by Crippen LogP contribution is 2.47. The normalized spacial score (nSPS) is 21.3. The van der Waals surface area contributed by atoms with Crippen LogP contribution >= 0.6 is 11.3 Å². The van der Waals surface area contributed by atoms with Crippen molar-refractivity contribution < 1.29 is 36.7 Å². The van der Waals surface area contributed by atoms with Crippen molar-refractivity contribution in [1.29, 1.82) is 0 Å². The molecule has 0 spiro atoms. The molecule has 45 heavy (non-hydrogen) atoms. The number of ether oxygens (including phenoxy) is 3. The Kier molecular flexibility index (Phi) is 7.81. The van der Waals surface area contributed by atoms with Gasteiger partial charge in [0, 0.05) is 40.1 Å². The maximum Gasteiger partial charge on any atom is 0.573 e. The summed E-state index contributed by atoms with van der Waals surface area (Å²) in [5, 5.41) is 7.24. The van der Waals surface area contributed by atoms with Crippen molar-refractivity contribution in [1.82, 2.24) is 10.1 Å². The molecule has 2 aromatic carbocycles. The van der Waals surface area contributed by atoms with Crippen LogP contribution in [-0.2, 0) is 16.1 Å². The van der Waals surface area contributed by atoms with Gasteiger partial charge in [-0.05, 0) is 75.3 Å². The van der Waals surface area contributed by atoms with Crippen LogP contribution in [0.1, 0.15) is 71.7 Å². The summed E-state index contributed by atoms with van der Waals surface area (Å²) in [6.07, 6.45) is 0.806. The molecule has 236 valence electrons. The third-order valence-corrected chi connectivity index (χ3v) is 9.78. The van der Waals surface area contributed by atoms with E-state index in [-0.39, 0.29) is 48.0 Å². The van der Waals surface area contributed by atoms with Crippen LogP contribution in [0.4, 0.5) is 18.3 Å². The highest BCUT2D eigenvalue weighted by Gasteiger charge is 2.43. The number of carbonyl (C=O) groups is 1. The zero-order chi connectivity index (χ0) is 31.3. The van der Waals surface area contributed by atoms with Crippen molar-refractivity contribution in [3.63, 3.8) is 0 Å². The van der Waals surface area contributed by atoms with Crippen LogP contribution in [0.25, 0.3) is 22.5 Å². The van der Waals surface area contributed by atoms with Crippen LogP contribution in [0.5, 0.6) is 5.75 Å². The summed E-state index contributed by atoms with van der Waals surface area (Å²) < 4.78 is 60.8. The number of nitrogens with zero attached hydrogens (tertiary/aromatic N) is 3. The molecule has 2 aliphatic heterocycles. The lowest BCUT2D eigenvalue weighted by molar-refractivity contribution is -0.274. The molecule has 0 N–H and O–H groups in total. The molecule has 1 saturated carbocycles. The van der Waals surface area contributed by atoms with Crippen molar-refractivity contribution in [2.45, 2.75) is 82.5 Å². The largest absolute Gasteiger partial charge is 0.573 e. The van der Waals surface area contributed by atoms with E-state index in [1.54, 1.807) is 29.5 Å². The number of rotatable bonds is 9. The van der Waals surface area contributed by atoms with Crippen LogP contribution in [0.15, 0.2) is 52.4 Å². The summed E-state index contributed by atoms with van der Waals surface area (Å²) in [5.74, 6) is 0.218. The Morgan fingerprint density at radius 3 is 2.51 bits per heavy atom. The van der Waals surface area contributed by atoms with Crippen LogP contribution in [0.3, 0.4) is 0 Å². The maximum absolute atomic E-state index is 13.2. The second kappa shape index (κ2) is 11.8. The molecular formula is C33H32F3N3O5S. The van der Waals surface area contributed by atoms with Crippen molar-refractivity contribution in [2.75, 3.05) is 12.0 Å². The van der Waals surface area contributed by atoms with Gasteiger partial charge in [-0.15, -0.1) is 24.5 Å². The lowest BCUT2D eigenvalue weighted by Crippen LogP contribution is -2.45. The number of aromatic nitrogens is 2. The van der Waals surface area contributed by atoms with Gasteiger partial charge in [0.1, 0.15) is 17.2 Å². The molecule has 0 amide bonds. The van der Waals surface area contributed by atoms with Gasteiger partial charge in [-0.1, -0.05) is 23.4 Å². The number of benzene rings is 2. The number of alkyl halides is 3. The van der Waals surface area contributed by atoms with Crippen molar-refractivity contribution in [3.05, 3.63) is 70.3 Å². The summed E-state index contributed by atoms with van der Waals surface area (Å²) in [6, 6.07) is 12.1. The fraction of sp³-hybridized carbons (Fsp3) is 0.424. The van der Waals surface area contributed by atoms with Gasteiger partial charge < -0.3 is 23.6 Å². The maximum atomic E-state index is 13.2. The lowest BCUT2D eigenvalue weighted by Gasteiger charge is -2.38. The van der Waals surface area contributed by atoms with E-state index in [0.29, 0.717) is 22.6 Å². The number of piperidine rings is 1. The first-order valence-corrected chi connectivity index (χ1v) is 15.9. The minimum absolute atomic E-state index is 0.0113. The molecule has 3 fully saturated rings. The van der Waals surface area contributed by atoms with Gasteiger partial charge in [0.2, 0.25) is 0 Å². The quantitative estimate of drug-likeness (QED) is 0.170. The SMILES string of the molecule is COC(=O)c1ccc(-c2csc(N3[C@@H]4CC[C@H]3C[C@H](OCc3c(-c5ccccc5OC(F)(F)F)noc3C3CC3)C4)n2)c(C)c1. The number of hydrogen-bond donors (Lipinski definition) is 0. The number of thiazole rings is 1. The number of methoxy groups -OCH3 is 1. The Morgan fingerprint density at radius 1 is 1.07 bits per heavy atom. The molecule has 1 aliphatic carbocycles. The van der Waals surface area contributed by atoms with E-state index in [1.165, 1.54) is 19.2 Å². The van der Waals surface area contributed by atoms with E-state index in [2.05, 4.69) is 20.2 Å². The minimum atomic E-state index is -4.82. The lowest BCUT2D eigenvalue weighted by atomic mass is 9.99. The summed E-state index contributed by atoms with van der Waals surface area (Å²) >= 11 is 1.62. The van der Waals surface area contributed by atoms with Crippen LogP contribution in [0, 0.1) is 6.92 Å². The predicted octanol–water partition coefficient (Wildman–Crippen LogP) is 8.05. The third-order valence-electron chi connectivity index (χ3n) is 8.92. The molecule has 3 aliphatic rings. The van der Waals surface area contributed by atoms with E-state index < -0.39 is 6.36 Å². The number of para-hydroxylation sites is 1. The molecule has 8 nitrogen and oxygen atoms in total. The van der Waals surface area contributed by atoms with Gasteiger partial charge in [0.15, 0.2) is 5.13 Å². The number of hydrogen-bond acceptors (Lipinski definition) is 9. The van der Waals surface area contributed by atoms with E-state index >= 15 is 0 Å². The summed E-state index contributed by atoms with van der Waals surface area (Å²) in [6.45, 7) is 2.17. The van der Waals surface area contributed by atoms with Gasteiger partial charge in [0.25, 0.3) is 0 Å². The van der Waals surface area contributed by atoms with E-state index in [9.17, 15) is 18.0 Å². The first-order chi connectivity index (χ1) is 21.7. The molecule has 12 heteroatoms. The molecule has 4 aromatic rings. The van der Waals surface area contributed by atoms with Crippen molar-refractivity contribution in [3.8, 4) is 28.3 Å². The van der Waals surface area contributed by atoms with Gasteiger partial charge in [-0.25, -0.2) is 9.78 Å². The summed E-state index contributed by atoms with van der Waals surface area (Å²) in [4.78, 5) is 19.4. The number of halogens is 3. The minimum Gasteiger partial charge on any atom is -0.465 e. The van der Waals surface area contributed by atoms with E-state index in [0.717, 1.165) is 60.5 Å². The summed E-state index contributed by atoms with van der Waals surface area (Å²) in [5.41, 5.74) is 4.59.